The summed E-state index contributed by atoms with van der Waals surface area (Å²) >= 11 is 0. The van der Waals surface area contributed by atoms with Crippen molar-refractivity contribution in [2.24, 2.45) is 0 Å². The van der Waals surface area contributed by atoms with Crippen molar-refractivity contribution < 1.29 is 9.26 Å². The highest BCUT2D eigenvalue weighted by molar-refractivity contribution is 5.68. The third-order valence-electron chi connectivity index (χ3n) is 8.97. The largest absolute Gasteiger partial charge is 0.473 e. The first-order chi connectivity index (χ1) is 19.5. The van der Waals surface area contributed by atoms with Crippen LogP contribution in [0.5, 0.6) is 5.88 Å². The lowest BCUT2D eigenvalue weighted by atomic mass is 9.68. The van der Waals surface area contributed by atoms with E-state index >= 15 is 0 Å². The minimum atomic E-state index is -0.432. The number of nitrogens with zero attached hydrogens (tertiary/aromatic N) is 8. The summed E-state index contributed by atoms with van der Waals surface area (Å²) in [4.78, 5) is 12.0. The number of benzene rings is 1. The molecule has 1 spiro atoms. The van der Waals surface area contributed by atoms with Crippen LogP contribution in [0.15, 0.2) is 35.1 Å². The standard InChI is InChI=1S/C29H31N9O2/c1-17(22-6-4-13-37(22)2)39-24-15-23(38-14-12-32-36-38)33-28(34-24)26-19-5-3-10-29(27(19)40-35-26)11-9-18-7-8-21(31)20(16-30)25(18)29/h7-8,12,14-15,17,22H,3-6,9-11,13,31H2,1-2H3/t17-,22-,29-/m0/s1. The van der Waals surface area contributed by atoms with Gasteiger partial charge in [-0.3, -0.25) is 4.90 Å². The molecule has 4 aromatic rings. The molecule has 3 atom stereocenters. The molecule has 204 valence electrons. The lowest BCUT2D eigenvalue weighted by Crippen LogP contribution is -2.38. The SMILES string of the molecule is C[C@H](Oc1cc(-n2ccnn2)nc(-c2noc3c2CCC[C@@]32CCc3ccc(N)c(C#N)c32)n1)[C@@H]1CCCN1C. The maximum atomic E-state index is 10.0. The van der Waals surface area contributed by atoms with Crippen molar-refractivity contribution in [2.75, 3.05) is 19.3 Å². The van der Waals surface area contributed by atoms with Gasteiger partial charge in [0.25, 0.3) is 0 Å². The Morgan fingerprint density at radius 1 is 1.23 bits per heavy atom. The molecule has 1 aliphatic heterocycles. The van der Waals surface area contributed by atoms with Crippen molar-refractivity contribution in [1.29, 1.82) is 5.26 Å². The lowest BCUT2D eigenvalue weighted by Gasteiger charge is -2.33. The van der Waals surface area contributed by atoms with E-state index in [9.17, 15) is 5.26 Å². The number of nitriles is 1. The minimum absolute atomic E-state index is 0.0572. The summed E-state index contributed by atoms with van der Waals surface area (Å²) < 4.78 is 14.2. The zero-order valence-corrected chi connectivity index (χ0v) is 22.7. The van der Waals surface area contributed by atoms with Crippen LogP contribution in [0.4, 0.5) is 5.69 Å². The van der Waals surface area contributed by atoms with Gasteiger partial charge in [-0.1, -0.05) is 16.4 Å². The van der Waals surface area contributed by atoms with Crippen LogP contribution in [-0.2, 0) is 18.3 Å². The first kappa shape index (κ1) is 24.7. The molecule has 0 unspecified atom stereocenters. The summed E-state index contributed by atoms with van der Waals surface area (Å²) in [5, 5.41) is 22.7. The van der Waals surface area contributed by atoms with Gasteiger partial charge in [-0.2, -0.15) is 10.2 Å². The Balaban J connectivity index is 1.32. The van der Waals surface area contributed by atoms with Crippen LogP contribution >= 0.6 is 0 Å². The number of aryl methyl sites for hydroxylation is 1. The van der Waals surface area contributed by atoms with Crippen molar-refractivity contribution in [1.82, 2.24) is 35.0 Å². The maximum absolute atomic E-state index is 10.0. The number of nitrogens with two attached hydrogens (primary N) is 1. The zero-order valence-electron chi connectivity index (χ0n) is 22.7. The number of hydrogen-bond acceptors (Lipinski definition) is 10. The molecule has 1 saturated heterocycles. The number of rotatable bonds is 5. The fraction of sp³-hybridized carbons (Fsp3) is 0.448. The molecular formula is C29H31N9O2. The second kappa shape index (κ2) is 9.41. The van der Waals surface area contributed by atoms with E-state index in [4.69, 9.17) is 25.0 Å². The molecule has 1 fully saturated rings. The molecular weight excluding hydrogens is 506 g/mol. The van der Waals surface area contributed by atoms with E-state index in [1.165, 1.54) is 0 Å². The van der Waals surface area contributed by atoms with Gasteiger partial charge in [0, 0.05) is 23.4 Å². The molecule has 0 radical (unpaired) electrons. The molecule has 2 aliphatic carbocycles. The molecule has 7 rings (SSSR count). The number of aromatic nitrogens is 6. The van der Waals surface area contributed by atoms with Gasteiger partial charge in [-0.05, 0) is 82.7 Å². The average molecular weight is 538 g/mol. The lowest BCUT2D eigenvalue weighted by molar-refractivity contribution is 0.117. The van der Waals surface area contributed by atoms with Crippen LogP contribution < -0.4 is 10.5 Å². The van der Waals surface area contributed by atoms with Gasteiger partial charge in [0.05, 0.1) is 23.4 Å². The van der Waals surface area contributed by atoms with E-state index in [0.717, 1.165) is 73.9 Å². The molecule has 0 amide bonds. The summed E-state index contributed by atoms with van der Waals surface area (Å²) in [5.41, 5.74) is 10.6. The smallest absolute Gasteiger partial charge is 0.219 e. The first-order valence-electron chi connectivity index (χ1n) is 13.9. The summed E-state index contributed by atoms with van der Waals surface area (Å²) in [6, 6.07) is 8.34. The summed E-state index contributed by atoms with van der Waals surface area (Å²) in [6.07, 6.45) is 9.83. The third-order valence-corrected chi connectivity index (χ3v) is 8.97. The van der Waals surface area contributed by atoms with Crippen molar-refractivity contribution in [2.45, 2.75) is 69.4 Å². The zero-order chi connectivity index (χ0) is 27.4. The fourth-order valence-corrected chi connectivity index (χ4v) is 7.09. The van der Waals surface area contributed by atoms with Gasteiger partial charge < -0.3 is 15.0 Å². The Morgan fingerprint density at radius 3 is 2.90 bits per heavy atom. The number of fused-ring (bicyclic) bond motifs is 4. The van der Waals surface area contributed by atoms with Crippen molar-refractivity contribution in [3.63, 3.8) is 0 Å². The van der Waals surface area contributed by atoms with Gasteiger partial charge in [0.2, 0.25) is 5.88 Å². The van der Waals surface area contributed by atoms with Crippen LogP contribution in [0.2, 0.25) is 0 Å². The Kier molecular flexibility index (Phi) is 5.82. The number of ether oxygens (including phenoxy) is 1. The van der Waals surface area contributed by atoms with Gasteiger partial charge in [-0.15, -0.1) is 5.10 Å². The van der Waals surface area contributed by atoms with Crippen molar-refractivity contribution in [3.8, 4) is 29.3 Å². The minimum Gasteiger partial charge on any atom is -0.473 e. The van der Waals surface area contributed by atoms with Crippen LogP contribution in [0, 0.1) is 11.3 Å². The van der Waals surface area contributed by atoms with E-state index < -0.39 is 5.41 Å². The van der Waals surface area contributed by atoms with E-state index in [-0.39, 0.29) is 6.10 Å². The highest BCUT2D eigenvalue weighted by Crippen LogP contribution is 2.54. The average Bonchev–Trinajstić information content (AvgIpc) is 3.76. The van der Waals surface area contributed by atoms with Crippen LogP contribution in [0.3, 0.4) is 0 Å². The normalized spacial score (nSPS) is 22.7. The predicted molar refractivity (Wildman–Crippen MR) is 146 cm³/mol. The predicted octanol–water partition coefficient (Wildman–Crippen LogP) is 3.60. The Hall–Kier alpha value is -4.30. The monoisotopic (exact) mass is 537 g/mol. The quantitative estimate of drug-likeness (QED) is 0.375. The molecule has 0 bridgehead atoms. The Bertz CT molecular complexity index is 1620. The molecule has 3 aromatic heterocycles. The molecule has 1 aromatic carbocycles. The highest BCUT2D eigenvalue weighted by Gasteiger charge is 2.49. The first-order valence-corrected chi connectivity index (χ1v) is 13.9. The molecule has 11 nitrogen and oxygen atoms in total. The number of nitrogen functional groups attached to an aromatic ring is 1. The second-order valence-electron chi connectivity index (χ2n) is 11.2. The van der Waals surface area contributed by atoms with Gasteiger partial charge in [0.15, 0.2) is 23.1 Å². The summed E-state index contributed by atoms with van der Waals surface area (Å²) in [5.74, 6) is 2.21. The molecule has 11 heteroatoms. The van der Waals surface area contributed by atoms with Crippen LogP contribution in [-0.4, -0.2) is 60.8 Å². The summed E-state index contributed by atoms with van der Waals surface area (Å²) in [7, 11) is 2.13. The van der Waals surface area contributed by atoms with Crippen LogP contribution in [0.25, 0.3) is 17.3 Å². The van der Waals surface area contributed by atoms with E-state index in [2.05, 4.69) is 40.4 Å². The molecule has 3 aliphatic rings. The fourth-order valence-electron chi connectivity index (χ4n) is 7.09. The van der Waals surface area contributed by atoms with E-state index in [1.807, 2.05) is 12.1 Å². The number of hydrogen-bond donors (Lipinski definition) is 1. The highest BCUT2D eigenvalue weighted by atomic mass is 16.5. The van der Waals surface area contributed by atoms with Gasteiger partial charge >= 0.3 is 0 Å². The van der Waals surface area contributed by atoms with Gasteiger partial charge in [-0.25, -0.2) is 9.67 Å². The van der Waals surface area contributed by atoms with E-state index in [0.29, 0.717) is 40.5 Å². The Labute approximate surface area is 232 Å². The number of likely N-dealkylation sites (tertiary alicyclic amines) is 1. The van der Waals surface area contributed by atoms with Crippen molar-refractivity contribution in [3.05, 3.63) is 58.6 Å². The molecule has 2 N–H and O–H groups in total. The molecule has 40 heavy (non-hydrogen) atoms. The van der Waals surface area contributed by atoms with E-state index in [1.54, 1.807) is 23.1 Å². The second-order valence-corrected chi connectivity index (χ2v) is 11.2. The topological polar surface area (TPSA) is 145 Å². The summed E-state index contributed by atoms with van der Waals surface area (Å²) in [6.45, 7) is 3.15. The third kappa shape index (κ3) is 3.78. The number of likely N-dealkylation sites (N-methyl/N-ethyl adjacent to an activating group) is 1. The van der Waals surface area contributed by atoms with Crippen molar-refractivity contribution >= 4 is 5.69 Å². The maximum Gasteiger partial charge on any atom is 0.219 e. The number of anilines is 1. The van der Waals surface area contributed by atoms with Gasteiger partial charge in [0.1, 0.15) is 12.2 Å². The molecule has 4 heterocycles. The molecule has 0 saturated carbocycles. The Morgan fingerprint density at radius 2 is 2.12 bits per heavy atom. The van der Waals surface area contributed by atoms with Crippen LogP contribution in [0.1, 0.15) is 67.0 Å².